The van der Waals surface area contributed by atoms with Crippen LogP contribution in [0.1, 0.15) is 25.3 Å². The van der Waals surface area contributed by atoms with Gasteiger partial charge >= 0.3 is 6.03 Å². The summed E-state index contributed by atoms with van der Waals surface area (Å²) in [6.45, 7) is 9.43. The highest BCUT2D eigenvalue weighted by Gasteiger charge is 2.32. The molecule has 1 aliphatic carbocycles. The van der Waals surface area contributed by atoms with E-state index in [1.54, 1.807) is 17.2 Å². The van der Waals surface area contributed by atoms with Crippen LogP contribution in [0.4, 0.5) is 16.3 Å². The van der Waals surface area contributed by atoms with Crippen molar-refractivity contribution in [3.63, 3.8) is 0 Å². The van der Waals surface area contributed by atoms with Gasteiger partial charge in [-0.1, -0.05) is 17.7 Å². The van der Waals surface area contributed by atoms with Crippen LogP contribution < -0.4 is 10.2 Å². The Morgan fingerprint density at radius 3 is 2.44 bits per heavy atom. The minimum Gasteiger partial charge on any atom is -0.369 e. The van der Waals surface area contributed by atoms with Gasteiger partial charge in [0.05, 0.1) is 0 Å². The maximum atomic E-state index is 12.8. The van der Waals surface area contributed by atoms with E-state index in [1.165, 1.54) is 35.7 Å². The first-order chi connectivity index (χ1) is 16.5. The summed E-state index contributed by atoms with van der Waals surface area (Å²) in [6.07, 6.45) is 4.30. The van der Waals surface area contributed by atoms with Crippen LogP contribution in [0.25, 0.3) is 0 Å². The van der Waals surface area contributed by atoms with Crippen molar-refractivity contribution in [2.24, 2.45) is 0 Å². The van der Waals surface area contributed by atoms with Gasteiger partial charge in [0.1, 0.15) is 0 Å². The van der Waals surface area contributed by atoms with Crippen molar-refractivity contribution in [3.05, 3.63) is 41.0 Å². The van der Waals surface area contributed by atoms with E-state index in [2.05, 4.69) is 37.2 Å². The summed E-state index contributed by atoms with van der Waals surface area (Å²) in [6, 6.07) is 8.51. The number of piperazine rings is 2. The Bertz CT molecular complexity index is 1040. The Morgan fingerprint density at radius 2 is 1.76 bits per heavy atom. The fraction of sp³-hybridized carbons (Fsp3) is 0.542. The van der Waals surface area contributed by atoms with Crippen molar-refractivity contribution in [1.29, 1.82) is 0 Å². The largest absolute Gasteiger partial charge is 0.369 e. The number of carbonyl (C=O) groups excluding carboxylic acids is 2. The van der Waals surface area contributed by atoms with E-state index >= 15 is 0 Å². The van der Waals surface area contributed by atoms with E-state index in [1.807, 2.05) is 6.07 Å². The minimum atomic E-state index is -0.210. The number of aromatic nitrogens is 2. The lowest BCUT2D eigenvalue weighted by atomic mass is 10.1. The molecule has 10 heteroatoms. The molecular weight excluding hydrogens is 454 g/mol. The van der Waals surface area contributed by atoms with E-state index in [4.69, 9.17) is 11.6 Å². The second kappa shape index (κ2) is 9.93. The third-order valence-corrected chi connectivity index (χ3v) is 7.13. The SMILES string of the molecule is CC(=O)Nc1ccn(C(=O)N2CCN(Cc3ccc(Cl)cc3N3CCN(C4CC4)CC3)CC2)n1. The number of nitrogens with zero attached hydrogens (tertiary/aromatic N) is 6. The molecule has 2 aliphatic heterocycles. The molecule has 2 aromatic rings. The Kier molecular flexibility index (Phi) is 6.76. The fourth-order valence-electron chi connectivity index (χ4n) is 4.89. The fourth-order valence-corrected chi connectivity index (χ4v) is 5.06. The standard InChI is InChI=1S/C24H32ClN7O2/c1-18(33)26-23-6-7-32(27-23)24(34)31-10-8-28(9-11-31)17-19-2-3-20(25)16-22(19)30-14-12-29(13-15-30)21-4-5-21/h2-3,6-7,16,21H,4-5,8-15,17H2,1H3,(H,26,27,33). The molecule has 3 fully saturated rings. The average Bonchev–Trinajstić information content (AvgIpc) is 3.59. The van der Waals surface area contributed by atoms with Crippen LogP contribution >= 0.6 is 11.6 Å². The first-order valence-corrected chi connectivity index (χ1v) is 12.5. The van der Waals surface area contributed by atoms with E-state index in [0.29, 0.717) is 18.9 Å². The number of carbonyl (C=O) groups is 2. The van der Waals surface area contributed by atoms with Crippen molar-refractivity contribution in [1.82, 2.24) is 24.5 Å². The molecule has 1 saturated carbocycles. The second-order valence-electron chi connectivity index (χ2n) is 9.40. The summed E-state index contributed by atoms with van der Waals surface area (Å²) >= 11 is 6.38. The molecule has 1 aromatic carbocycles. The normalized spacial score (nSPS) is 19.9. The topological polar surface area (TPSA) is 77.0 Å². The van der Waals surface area contributed by atoms with Gasteiger partial charge in [-0.2, -0.15) is 4.68 Å². The summed E-state index contributed by atoms with van der Waals surface area (Å²) in [5.74, 6) is 0.172. The van der Waals surface area contributed by atoms with E-state index in [-0.39, 0.29) is 11.9 Å². The van der Waals surface area contributed by atoms with Crippen LogP contribution in [0.3, 0.4) is 0 Å². The van der Waals surface area contributed by atoms with Crippen molar-refractivity contribution in [2.45, 2.75) is 32.4 Å². The zero-order valence-electron chi connectivity index (χ0n) is 19.6. The summed E-state index contributed by atoms with van der Waals surface area (Å²) in [5, 5.41) is 7.54. The highest BCUT2D eigenvalue weighted by Crippen LogP contribution is 2.31. The number of rotatable bonds is 5. The molecule has 0 unspecified atom stereocenters. The van der Waals surface area contributed by atoms with Crippen molar-refractivity contribution in [3.8, 4) is 0 Å². The van der Waals surface area contributed by atoms with Crippen LogP contribution in [0.5, 0.6) is 0 Å². The molecule has 34 heavy (non-hydrogen) atoms. The maximum absolute atomic E-state index is 12.8. The first kappa shape index (κ1) is 23.1. The molecule has 0 atom stereocenters. The molecular formula is C24H32ClN7O2. The molecule has 9 nitrogen and oxygen atoms in total. The molecule has 2 saturated heterocycles. The number of benzene rings is 1. The number of halogens is 1. The third kappa shape index (κ3) is 5.37. The zero-order chi connectivity index (χ0) is 23.7. The van der Waals surface area contributed by atoms with Crippen LogP contribution in [-0.2, 0) is 11.3 Å². The highest BCUT2D eigenvalue weighted by atomic mass is 35.5. The van der Waals surface area contributed by atoms with Gasteiger partial charge in [0.15, 0.2) is 5.82 Å². The van der Waals surface area contributed by atoms with E-state index in [9.17, 15) is 9.59 Å². The van der Waals surface area contributed by atoms with Crippen LogP contribution in [0.2, 0.25) is 5.02 Å². The molecule has 0 radical (unpaired) electrons. The number of anilines is 2. The Balaban J connectivity index is 1.17. The number of amides is 2. The van der Waals surface area contributed by atoms with Crippen molar-refractivity contribution < 1.29 is 9.59 Å². The molecule has 0 bridgehead atoms. The number of hydrogen-bond acceptors (Lipinski definition) is 6. The van der Waals surface area contributed by atoms with Gasteiger partial charge in [-0.3, -0.25) is 14.6 Å². The van der Waals surface area contributed by atoms with Crippen LogP contribution in [0, 0.1) is 0 Å². The zero-order valence-corrected chi connectivity index (χ0v) is 20.4. The van der Waals surface area contributed by atoms with Crippen LogP contribution in [0.15, 0.2) is 30.5 Å². The summed E-state index contributed by atoms with van der Waals surface area (Å²) in [7, 11) is 0. The van der Waals surface area contributed by atoms with Gasteiger partial charge < -0.3 is 15.1 Å². The predicted molar refractivity (Wildman–Crippen MR) is 132 cm³/mol. The average molecular weight is 486 g/mol. The third-order valence-electron chi connectivity index (χ3n) is 6.89. The Hall–Kier alpha value is -2.62. The smallest absolute Gasteiger partial charge is 0.344 e. The number of hydrogen-bond donors (Lipinski definition) is 1. The summed E-state index contributed by atoms with van der Waals surface area (Å²) in [5.41, 5.74) is 2.53. The van der Waals surface area contributed by atoms with E-state index in [0.717, 1.165) is 56.9 Å². The minimum absolute atomic E-state index is 0.169. The molecule has 1 aromatic heterocycles. The van der Waals surface area contributed by atoms with Crippen molar-refractivity contribution in [2.75, 3.05) is 62.6 Å². The molecule has 3 heterocycles. The van der Waals surface area contributed by atoms with Crippen molar-refractivity contribution >= 4 is 35.0 Å². The summed E-state index contributed by atoms with van der Waals surface area (Å²) in [4.78, 5) is 33.3. The molecule has 182 valence electrons. The molecule has 5 rings (SSSR count). The second-order valence-corrected chi connectivity index (χ2v) is 9.84. The number of nitrogens with one attached hydrogen (secondary N) is 1. The monoisotopic (exact) mass is 485 g/mol. The van der Waals surface area contributed by atoms with Gasteiger partial charge in [-0.05, 0) is 30.5 Å². The lowest BCUT2D eigenvalue weighted by Crippen LogP contribution is -2.50. The molecule has 1 N–H and O–H groups in total. The summed E-state index contributed by atoms with van der Waals surface area (Å²) < 4.78 is 1.29. The quantitative estimate of drug-likeness (QED) is 0.701. The molecule has 0 spiro atoms. The van der Waals surface area contributed by atoms with Gasteiger partial charge in [0.2, 0.25) is 5.91 Å². The lowest BCUT2D eigenvalue weighted by Gasteiger charge is -2.38. The highest BCUT2D eigenvalue weighted by molar-refractivity contribution is 6.30. The Morgan fingerprint density at radius 1 is 1.03 bits per heavy atom. The lowest BCUT2D eigenvalue weighted by molar-refractivity contribution is -0.114. The predicted octanol–water partition coefficient (Wildman–Crippen LogP) is 2.57. The Labute approximate surface area is 205 Å². The molecule has 2 amide bonds. The molecule has 3 aliphatic rings. The van der Waals surface area contributed by atoms with Gasteiger partial charge in [0.25, 0.3) is 0 Å². The maximum Gasteiger partial charge on any atom is 0.344 e. The van der Waals surface area contributed by atoms with E-state index < -0.39 is 0 Å². The first-order valence-electron chi connectivity index (χ1n) is 12.1. The van der Waals surface area contributed by atoms with Gasteiger partial charge in [-0.25, -0.2) is 4.79 Å². The van der Waals surface area contributed by atoms with Gasteiger partial charge in [0, 0.05) is 94.8 Å². The van der Waals surface area contributed by atoms with Gasteiger partial charge in [-0.15, -0.1) is 5.10 Å². The van der Waals surface area contributed by atoms with Crippen LogP contribution in [-0.4, -0.2) is 94.8 Å².